The summed E-state index contributed by atoms with van der Waals surface area (Å²) in [6.07, 6.45) is 0.704. The van der Waals surface area contributed by atoms with Gasteiger partial charge in [0.2, 0.25) is 12.8 Å². The SMILES string of the molecule is CC1(C)CC1(C=C(Cl)Cl)C(=O)OC(C(=O)OC[N+](C)(C)C)c1cccc(Oc2ccccc2)c1. The maximum Gasteiger partial charge on any atom is 0.356 e. The lowest BCUT2D eigenvalue weighted by molar-refractivity contribution is -0.888. The molecule has 0 N–H and O–H groups in total. The average Bonchev–Trinajstić information content (AvgIpc) is 3.31. The number of halogens is 2. The van der Waals surface area contributed by atoms with Gasteiger partial charge in [-0.2, -0.15) is 0 Å². The highest BCUT2D eigenvalue weighted by Gasteiger charge is 2.66. The molecule has 0 aliphatic heterocycles. The normalized spacial score (nSPS) is 19.5. The fraction of sp³-hybridized carbons (Fsp3) is 0.385. The van der Waals surface area contributed by atoms with Crippen LogP contribution in [0.5, 0.6) is 11.5 Å². The number of carbonyl (C=O) groups is 2. The van der Waals surface area contributed by atoms with Gasteiger partial charge in [-0.25, -0.2) is 4.79 Å². The molecule has 0 aromatic heterocycles. The zero-order valence-corrected chi connectivity index (χ0v) is 21.5. The van der Waals surface area contributed by atoms with Crippen molar-refractivity contribution >= 4 is 35.1 Å². The van der Waals surface area contributed by atoms with E-state index in [1.807, 2.05) is 65.3 Å². The first kappa shape index (κ1) is 26.1. The Balaban J connectivity index is 1.90. The van der Waals surface area contributed by atoms with Gasteiger partial charge in [0.25, 0.3) is 0 Å². The van der Waals surface area contributed by atoms with E-state index in [4.69, 9.17) is 37.4 Å². The Bertz CT molecular complexity index is 1070. The number of nitrogens with zero attached hydrogens (tertiary/aromatic N) is 1. The molecule has 2 unspecified atom stereocenters. The molecule has 0 radical (unpaired) electrons. The molecule has 1 saturated carbocycles. The summed E-state index contributed by atoms with van der Waals surface area (Å²) in [6, 6.07) is 16.1. The van der Waals surface area contributed by atoms with Crippen LogP contribution in [0.1, 0.15) is 31.9 Å². The number of hydrogen-bond donors (Lipinski definition) is 0. The lowest BCUT2D eigenvalue weighted by Gasteiger charge is -2.25. The van der Waals surface area contributed by atoms with Crippen LogP contribution in [0.15, 0.2) is 65.2 Å². The van der Waals surface area contributed by atoms with E-state index in [2.05, 4.69) is 0 Å². The molecule has 2 aromatic rings. The second kappa shape index (κ2) is 9.98. The predicted molar refractivity (Wildman–Crippen MR) is 131 cm³/mol. The zero-order chi connectivity index (χ0) is 25.1. The standard InChI is InChI=1S/C26H30Cl2NO5/c1-25(2)16-26(25,15-21(27)28)24(31)34-22(23(30)32-17-29(3,4)5)18-10-9-13-20(14-18)33-19-11-7-6-8-12-19/h6-15,22H,16-17H2,1-5H3/q+1. The summed E-state index contributed by atoms with van der Waals surface area (Å²) in [7, 11) is 5.66. The molecule has 2 atom stereocenters. The fourth-order valence-electron chi connectivity index (χ4n) is 3.66. The van der Waals surface area contributed by atoms with Gasteiger partial charge in [0.15, 0.2) is 0 Å². The average molecular weight is 507 g/mol. The lowest BCUT2D eigenvalue weighted by Crippen LogP contribution is -2.39. The van der Waals surface area contributed by atoms with E-state index in [0.717, 1.165) is 0 Å². The van der Waals surface area contributed by atoms with Crippen molar-refractivity contribution in [1.29, 1.82) is 0 Å². The molecule has 2 aromatic carbocycles. The van der Waals surface area contributed by atoms with E-state index in [1.54, 1.807) is 24.3 Å². The first-order chi connectivity index (χ1) is 15.8. The molecule has 1 aliphatic carbocycles. The van der Waals surface area contributed by atoms with Crippen LogP contribution in [0.4, 0.5) is 0 Å². The molecule has 1 aliphatic rings. The van der Waals surface area contributed by atoms with Crippen molar-refractivity contribution in [2.24, 2.45) is 10.8 Å². The topological polar surface area (TPSA) is 61.8 Å². The molecule has 6 nitrogen and oxygen atoms in total. The molecule has 0 amide bonds. The van der Waals surface area contributed by atoms with Crippen molar-refractivity contribution in [2.45, 2.75) is 26.4 Å². The van der Waals surface area contributed by atoms with Crippen LogP contribution in [-0.4, -0.2) is 44.3 Å². The van der Waals surface area contributed by atoms with Gasteiger partial charge in [-0.05, 0) is 42.2 Å². The van der Waals surface area contributed by atoms with Crippen molar-refractivity contribution in [3.05, 3.63) is 70.7 Å². The largest absolute Gasteiger partial charge is 0.457 e. The van der Waals surface area contributed by atoms with Crippen LogP contribution in [0, 0.1) is 10.8 Å². The van der Waals surface area contributed by atoms with E-state index in [9.17, 15) is 9.59 Å². The fourth-order valence-corrected chi connectivity index (χ4v) is 4.03. The van der Waals surface area contributed by atoms with Gasteiger partial charge in [-0.15, -0.1) is 0 Å². The van der Waals surface area contributed by atoms with E-state index < -0.39 is 28.9 Å². The Labute approximate surface area is 210 Å². The minimum atomic E-state index is -1.28. The molecule has 8 heteroatoms. The first-order valence-corrected chi connectivity index (χ1v) is 11.6. The summed E-state index contributed by atoms with van der Waals surface area (Å²) in [5.41, 5.74) is -0.987. The smallest absolute Gasteiger partial charge is 0.356 e. The maximum atomic E-state index is 13.3. The Morgan fingerprint density at radius 3 is 2.21 bits per heavy atom. The summed E-state index contributed by atoms with van der Waals surface area (Å²) in [6.45, 7) is 3.94. The molecule has 0 bridgehead atoms. The molecule has 182 valence electrons. The van der Waals surface area contributed by atoms with Crippen LogP contribution < -0.4 is 4.74 Å². The highest BCUT2D eigenvalue weighted by molar-refractivity contribution is 6.56. The molecule has 1 fully saturated rings. The highest BCUT2D eigenvalue weighted by atomic mass is 35.5. The van der Waals surface area contributed by atoms with Crippen molar-refractivity contribution in [3.63, 3.8) is 0 Å². The third-order valence-electron chi connectivity index (χ3n) is 5.70. The van der Waals surface area contributed by atoms with Crippen molar-refractivity contribution in [2.75, 3.05) is 27.9 Å². The quantitative estimate of drug-likeness (QED) is 0.237. The number of ether oxygens (including phenoxy) is 3. The van der Waals surface area contributed by atoms with E-state index >= 15 is 0 Å². The van der Waals surface area contributed by atoms with Crippen LogP contribution in [-0.2, 0) is 19.1 Å². The van der Waals surface area contributed by atoms with E-state index in [-0.39, 0.29) is 11.2 Å². The van der Waals surface area contributed by atoms with Gasteiger partial charge in [-0.3, -0.25) is 9.28 Å². The molecule has 0 spiro atoms. The van der Waals surface area contributed by atoms with Gasteiger partial charge in [0.05, 0.1) is 26.6 Å². The van der Waals surface area contributed by atoms with E-state index in [1.165, 1.54) is 6.08 Å². The second-order valence-corrected chi connectivity index (χ2v) is 11.1. The van der Waals surface area contributed by atoms with Gasteiger partial charge < -0.3 is 14.2 Å². The molecule has 3 rings (SSSR count). The Kier molecular flexibility index (Phi) is 7.65. The summed E-state index contributed by atoms with van der Waals surface area (Å²) in [5, 5.41) is 0. The number of rotatable bonds is 9. The number of carbonyl (C=O) groups excluding carboxylic acids is 2. The van der Waals surface area contributed by atoms with Crippen molar-refractivity contribution in [1.82, 2.24) is 0 Å². The predicted octanol–water partition coefficient (Wildman–Crippen LogP) is 6.01. The molecule has 0 heterocycles. The number of esters is 2. The summed E-state index contributed by atoms with van der Waals surface area (Å²) in [5.74, 6) is -0.124. The summed E-state index contributed by atoms with van der Waals surface area (Å²) >= 11 is 11.8. The van der Waals surface area contributed by atoms with Gasteiger partial charge in [0, 0.05) is 5.56 Å². The van der Waals surface area contributed by atoms with Crippen molar-refractivity contribution in [3.8, 4) is 11.5 Å². The Hall–Kier alpha value is -2.54. The Morgan fingerprint density at radius 2 is 1.65 bits per heavy atom. The van der Waals surface area contributed by atoms with Gasteiger partial charge >= 0.3 is 11.9 Å². The maximum absolute atomic E-state index is 13.3. The highest BCUT2D eigenvalue weighted by Crippen LogP contribution is 2.66. The zero-order valence-electron chi connectivity index (χ0n) is 20.0. The minimum Gasteiger partial charge on any atom is -0.457 e. The number of hydrogen-bond acceptors (Lipinski definition) is 5. The monoisotopic (exact) mass is 506 g/mol. The third kappa shape index (κ3) is 6.32. The Morgan fingerprint density at radius 1 is 1.03 bits per heavy atom. The number of para-hydroxylation sites is 1. The van der Waals surface area contributed by atoms with Crippen LogP contribution >= 0.6 is 23.2 Å². The molecular formula is C26H30Cl2NO5+. The van der Waals surface area contributed by atoms with Crippen molar-refractivity contribution < 1.29 is 28.3 Å². The molecule has 0 saturated heterocycles. The lowest BCUT2D eigenvalue weighted by atomic mass is 9.96. The van der Waals surface area contributed by atoms with E-state index in [0.29, 0.717) is 28.0 Å². The minimum absolute atomic E-state index is 0.0232. The second-order valence-electron chi connectivity index (χ2n) is 10.1. The van der Waals surface area contributed by atoms with Crippen LogP contribution in [0.3, 0.4) is 0 Å². The summed E-state index contributed by atoms with van der Waals surface area (Å²) in [4.78, 5) is 26.4. The van der Waals surface area contributed by atoms with Gasteiger partial charge in [-0.1, -0.05) is 67.4 Å². The summed E-state index contributed by atoms with van der Waals surface area (Å²) < 4.78 is 17.6. The van der Waals surface area contributed by atoms with Crippen LogP contribution in [0.25, 0.3) is 0 Å². The first-order valence-electron chi connectivity index (χ1n) is 10.9. The molecular weight excluding hydrogens is 477 g/mol. The van der Waals surface area contributed by atoms with Crippen LogP contribution in [0.2, 0.25) is 0 Å². The number of quaternary nitrogens is 1. The number of benzene rings is 2. The third-order valence-corrected chi connectivity index (χ3v) is 5.91. The molecule has 34 heavy (non-hydrogen) atoms. The van der Waals surface area contributed by atoms with Gasteiger partial charge in [0.1, 0.15) is 16.0 Å².